The number of ether oxygens (including phenoxy) is 3. The van der Waals surface area contributed by atoms with Crippen LogP contribution in [-0.4, -0.2) is 42.2 Å². The Morgan fingerprint density at radius 3 is 2.09 bits per heavy atom. The first kappa shape index (κ1) is 25.9. The van der Waals surface area contributed by atoms with Gasteiger partial charge < -0.3 is 19.5 Å². The number of methoxy groups -OCH3 is 3. The van der Waals surface area contributed by atoms with Gasteiger partial charge in [0.1, 0.15) is 23.8 Å². The van der Waals surface area contributed by atoms with Gasteiger partial charge in [0.2, 0.25) is 5.91 Å². The molecule has 1 N–H and O–H groups in total. The lowest BCUT2D eigenvalue weighted by atomic mass is 10.0. The maximum Gasteiger partial charge on any atom is 0.264 e. The summed E-state index contributed by atoms with van der Waals surface area (Å²) in [7, 11) is 0.405. The third kappa shape index (κ3) is 6.05. The van der Waals surface area contributed by atoms with Crippen molar-refractivity contribution >= 4 is 21.6 Å². The average molecular weight is 499 g/mol. The molecule has 0 spiro atoms. The van der Waals surface area contributed by atoms with Gasteiger partial charge in [-0.2, -0.15) is 0 Å². The molecule has 0 aliphatic carbocycles. The van der Waals surface area contributed by atoms with Crippen LogP contribution < -0.4 is 23.8 Å². The molecule has 0 aromatic heterocycles. The molecule has 0 heterocycles. The lowest BCUT2D eigenvalue weighted by Crippen LogP contribution is -2.42. The fourth-order valence-electron chi connectivity index (χ4n) is 3.64. The third-order valence-electron chi connectivity index (χ3n) is 5.53. The summed E-state index contributed by atoms with van der Waals surface area (Å²) in [4.78, 5) is 13.3. The monoisotopic (exact) mass is 498 g/mol. The van der Waals surface area contributed by atoms with Crippen LogP contribution in [0.4, 0.5) is 5.69 Å². The van der Waals surface area contributed by atoms with Crippen molar-refractivity contribution in [1.29, 1.82) is 0 Å². The smallest absolute Gasteiger partial charge is 0.264 e. The van der Waals surface area contributed by atoms with Gasteiger partial charge >= 0.3 is 0 Å². The highest BCUT2D eigenvalue weighted by Gasteiger charge is 2.30. The van der Waals surface area contributed by atoms with E-state index in [0.717, 1.165) is 9.87 Å². The highest BCUT2D eigenvalue weighted by molar-refractivity contribution is 7.92. The maximum absolute atomic E-state index is 13.7. The summed E-state index contributed by atoms with van der Waals surface area (Å²) in [5, 5.41) is 2.95. The molecular formula is C26H30N2O6S. The van der Waals surface area contributed by atoms with Crippen molar-refractivity contribution in [2.24, 2.45) is 0 Å². The minimum Gasteiger partial charge on any atom is -0.497 e. The quantitative estimate of drug-likeness (QED) is 0.426. The van der Waals surface area contributed by atoms with Crippen molar-refractivity contribution in [1.82, 2.24) is 5.32 Å². The number of amides is 1. The predicted molar refractivity (Wildman–Crippen MR) is 135 cm³/mol. The highest BCUT2D eigenvalue weighted by Crippen LogP contribution is 2.35. The molecule has 0 radical (unpaired) electrons. The Labute approximate surface area is 206 Å². The Morgan fingerprint density at radius 2 is 1.51 bits per heavy atom. The average Bonchev–Trinajstić information content (AvgIpc) is 2.90. The third-order valence-corrected chi connectivity index (χ3v) is 7.31. The molecule has 3 aromatic rings. The highest BCUT2D eigenvalue weighted by atomic mass is 32.2. The minimum atomic E-state index is -4.10. The van der Waals surface area contributed by atoms with Gasteiger partial charge in [-0.3, -0.25) is 9.10 Å². The predicted octanol–water partition coefficient (Wildman–Crippen LogP) is 4.18. The zero-order chi connectivity index (χ0) is 25.4. The molecule has 8 nitrogen and oxygen atoms in total. The molecule has 1 unspecified atom stereocenters. The van der Waals surface area contributed by atoms with E-state index in [9.17, 15) is 13.2 Å². The normalized spacial score (nSPS) is 11.9. The van der Waals surface area contributed by atoms with E-state index < -0.39 is 22.5 Å². The molecule has 3 aromatic carbocycles. The van der Waals surface area contributed by atoms with Gasteiger partial charge in [0.15, 0.2) is 0 Å². The first-order valence-corrected chi connectivity index (χ1v) is 12.5. The molecular weight excluding hydrogens is 468 g/mol. The van der Waals surface area contributed by atoms with E-state index in [0.29, 0.717) is 23.7 Å². The van der Waals surface area contributed by atoms with Crippen LogP contribution in [0, 0.1) is 0 Å². The van der Waals surface area contributed by atoms with Crippen LogP contribution in [0.1, 0.15) is 24.9 Å². The van der Waals surface area contributed by atoms with Gasteiger partial charge in [0.05, 0.1) is 38.0 Å². The van der Waals surface area contributed by atoms with E-state index in [1.807, 2.05) is 31.2 Å². The molecule has 0 aliphatic heterocycles. The van der Waals surface area contributed by atoms with Crippen molar-refractivity contribution < 1.29 is 27.4 Å². The summed E-state index contributed by atoms with van der Waals surface area (Å²) in [6.45, 7) is 1.49. The van der Waals surface area contributed by atoms with Crippen LogP contribution in [0.2, 0.25) is 0 Å². The number of benzene rings is 3. The van der Waals surface area contributed by atoms with E-state index in [4.69, 9.17) is 14.2 Å². The van der Waals surface area contributed by atoms with Crippen molar-refractivity contribution in [3.63, 3.8) is 0 Å². The molecule has 0 aliphatic rings. The number of hydrogen-bond donors (Lipinski definition) is 1. The lowest BCUT2D eigenvalue weighted by molar-refractivity contribution is -0.120. The topological polar surface area (TPSA) is 94.2 Å². The molecule has 0 saturated carbocycles. The summed E-state index contributed by atoms with van der Waals surface area (Å²) >= 11 is 0. The van der Waals surface area contributed by atoms with Crippen LogP contribution in [0.15, 0.2) is 77.7 Å². The standard InChI is InChI=1S/C26H30N2O6S/c1-5-23(19-11-13-20(32-2)14-12-19)27-26(29)18-28(35(30,31)22-9-7-6-8-10-22)24-17-21(33-3)15-16-25(24)34-4/h6-17,23H,5,18H2,1-4H3,(H,27,29). The lowest BCUT2D eigenvalue weighted by Gasteiger charge is -2.27. The number of nitrogens with one attached hydrogen (secondary N) is 1. The second-order valence-electron chi connectivity index (χ2n) is 7.66. The van der Waals surface area contributed by atoms with E-state index >= 15 is 0 Å². The zero-order valence-corrected chi connectivity index (χ0v) is 21.0. The fourth-order valence-corrected chi connectivity index (χ4v) is 5.08. The number of sulfonamides is 1. The van der Waals surface area contributed by atoms with Gasteiger partial charge in [0, 0.05) is 6.07 Å². The molecule has 1 atom stereocenters. The molecule has 0 bridgehead atoms. The van der Waals surface area contributed by atoms with Gasteiger partial charge in [-0.15, -0.1) is 0 Å². The Bertz CT molecular complexity index is 1230. The van der Waals surface area contributed by atoms with Crippen LogP contribution >= 0.6 is 0 Å². The number of anilines is 1. The fraction of sp³-hybridized carbons (Fsp3) is 0.269. The SMILES string of the molecule is CCC(NC(=O)CN(c1cc(OC)ccc1OC)S(=O)(=O)c1ccccc1)c1ccc(OC)cc1. The molecule has 1 amide bonds. The largest absolute Gasteiger partial charge is 0.497 e. The Morgan fingerprint density at radius 1 is 0.886 bits per heavy atom. The van der Waals surface area contributed by atoms with Crippen LogP contribution in [0.5, 0.6) is 17.2 Å². The van der Waals surface area contributed by atoms with Gasteiger partial charge in [-0.25, -0.2) is 8.42 Å². The molecule has 9 heteroatoms. The summed E-state index contributed by atoms with van der Waals surface area (Å²) < 4.78 is 44.3. The second-order valence-corrected chi connectivity index (χ2v) is 9.53. The van der Waals surface area contributed by atoms with E-state index in [1.165, 1.54) is 32.4 Å². The van der Waals surface area contributed by atoms with Crippen LogP contribution in [-0.2, 0) is 14.8 Å². The summed E-state index contributed by atoms with van der Waals surface area (Å²) in [5.74, 6) is 0.969. The summed E-state index contributed by atoms with van der Waals surface area (Å²) in [5.41, 5.74) is 1.08. The van der Waals surface area contributed by atoms with Gasteiger partial charge in [-0.05, 0) is 48.4 Å². The van der Waals surface area contributed by atoms with Crippen molar-refractivity contribution in [3.8, 4) is 17.2 Å². The van der Waals surface area contributed by atoms with Crippen molar-refractivity contribution in [3.05, 3.63) is 78.4 Å². The van der Waals surface area contributed by atoms with Crippen molar-refractivity contribution in [2.75, 3.05) is 32.2 Å². The number of carbonyl (C=O) groups is 1. The molecule has 0 fully saturated rings. The number of hydrogen-bond acceptors (Lipinski definition) is 6. The van der Waals surface area contributed by atoms with Gasteiger partial charge in [-0.1, -0.05) is 37.3 Å². The number of rotatable bonds is 11. The molecule has 0 saturated heterocycles. The van der Waals surface area contributed by atoms with Crippen LogP contribution in [0.25, 0.3) is 0 Å². The Hall–Kier alpha value is -3.72. The molecule has 35 heavy (non-hydrogen) atoms. The van der Waals surface area contributed by atoms with E-state index in [1.54, 1.807) is 37.4 Å². The molecule has 186 valence electrons. The summed E-state index contributed by atoms with van der Waals surface area (Å²) in [6, 6.07) is 19.8. The minimum absolute atomic E-state index is 0.0554. The van der Waals surface area contributed by atoms with Gasteiger partial charge in [0.25, 0.3) is 10.0 Å². The Balaban J connectivity index is 1.97. The summed E-state index contributed by atoms with van der Waals surface area (Å²) in [6.07, 6.45) is 0.617. The zero-order valence-electron chi connectivity index (χ0n) is 20.2. The molecule has 3 rings (SSSR count). The number of carbonyl (C=O) groups excluding carboxylic acids is 1. The first-order chi connectivity index (χ1) is 16.8. The Kier molecular flexibility index (Phi) is 8.59. The van der Waals surface area contributed by atoms with Crippen LogP contribution in [0.3, 0.4) is 0 Å². The second kappa shape index (κ2) is 11.6. The maximum atomic E-state index is 13.7. The van der Waals surface area contributed by atoms with E-state index in [-0.39, 0.29) is 16.6 Å². The number of nitrogens with zero attached hydrogens (tertiary/aromatic N) is 1. The first-order valence-electron chi connectivity index (χ1n) is 11.1. The van der Waals surface area contributed by atoms with Crippen molar-refractivity contribution in [2.45, 2.75) is 24.3 Å². The van der Waals surface area contributed by atoms with E-state index in [2.05, 4.69) is 5.32 Å².